The molecule has 1 amide bonds. The van der Waals surface area contributed by atoms with Crippen LogP contribution in [0.1, 0.15) is 16.8 Å². The van der Waals surface area contributed by atoms with Gasteiger partial charge < -0.3 is 15.5 Å². The van der Waals surface area contributed by atoms with Crippen LogP contribution in [-0.4, -0.2) is 34.7 Å². The molecule has 0 aromatic heterocycles. The summed E-state index contributed by atoms with van der Waals surface area (Å²) in [4.78, 5) is 21.6. The average Bonchev–Trinajstić information content (AvgIpc) is 2.43. The largest absolute Gasteiger partial charge is 0.479 e. The van der Waals surface area contributed by atoms with Crippen molar-refractivity contribution in [3.63, 3.8) is 0 Å². The van der Waals surface area contributed by atoms with E-state index in [2.05, 4.69) is 0 Å². The Kier molecular flexibility index (Phi) is 5.19. The number of hydrogen-bond acceptors (Lipinski definition) is 3. The van der Waals surface area contributed by atoms with Crippen molar-refractivity contribution in [1.29, 1.82) is 0 Å². The van der Waals surface area contributed by atoms with Crippen LogP contribution >= 0.6 is 0 Å². The highest BCUT2D eigenvalue weighted by atomic mass is 19.2. The number of amides is 1. The predicted molar refractivity (Wildman–Crippen MR) is 56.8 cm³/mol. The van der Waals surface area contributed by atoms with E-state index in [0.29, 0.717) is 0 Å². The summed E-state index contributed by atoms with van der Waals surface area (Å²) in [5.74, 6) is -14.8. The van der Waals surface area contributed by atoms with Crippen LogP contribution < -0.4 is 5.32 Å². The lowest BCUT2D eigenvalue weighted by molar-refractivity contribution is -0.146. The Labute approximate surface area is 114 Å². The third-order valence-corrected chi connectivity index (χ3v) is 2.43. The molecule has 1 aromatic rings. The van der Waals surface area contributed by atoms with Crippen molar-refractivity contribution in [2.45, 2.75) is 12.5 Å². The fraction of sp³-hybridized carbons (Fsp3) is 0.273. The van der Waals surface area contributed by atoms with Crippen LogP contribution in [0.2, 0.25) is 0 Å². The summed E-state index contributed by atoms with van der Waals surface area (Å²) >= 11 is 0. The lowest BCUT2D eigenvalue weighted by Gasteiger charge is -2.10. The molecule has 1 aromatic carbocycles. The maximum Gasteiger partial charge on any atom is 0.332 e. The number of aliphatic carboxylic acids is 1. The maximum absolute atomic E-state index is 13.2. The summed E-state index contributed by atoms with van der Waals surface area (Å²) in [6.07, 6.45) is -2.36. The Balaban J connectivity index is 2.92. The van der Waals surface area contributed by atoms with Gasteiger partial charge >= 0.3 is 5.97 Å². The molecule has 0 spiro atoms. The van der Waals surface area contributed by atoms with Crippen molar-refractivity contribution in [1.82, 2.24) is 5.32 Å². The molecule has 5 nitrogen and oxygen atoms in total. The molecule has 0 heterocycles. The van der Waals surface area contributed by atoms with Gasteiger partial charge in [-0.25, -0.2) is 26.7 Å². The fourth-order valence-electron chi connectivity index (χ4n) is 1.34. The number of carboxylic acid groups (broad SMARTS) is 1. The summed E-state index contributed by atoms with van der Waals surface area (Å²) < 4.78 is 65.0. The summed E-state index contributed by atoms with van der Waals surface area (Å²) in [7, 11) is 0. The van der Waals surface area contributed by atoms with E-state index in [1.165, 1.54) is 0 Å². The highest BCUT2D eigenvalue weighted by Crippen LogP contribution is 2.22. The van der Waals surface area contributed by atoms with Crippen molar-refractivity contribution in [2.75, 3.05) is 6.54 Å². The van der Waals surface area contributed by atoms with Gasteiger partial charge in [0.1, 0.15) is 5.56 Å². The van der Waals surface area contributed by atoms with Gasteiger partial charge in [0.15, 0.2) is 29.4 Å². The Morgan fingerprint density at radius 3 is 1.81 bits per heavy atom. The van der Waals surface area contributed by atoms with Gasteiger partial charge in [-0.1, -0.05) is 0 Å². The Hall–Kier alpha value is -2.23. The minimum atomic E-state index is -2.40. The fourth-order valence-corrected chi connectivity index (χ4v) is 1.34. The number of rotatable bonds is 5. The van der Waals surface area contributed by atoms with Crippen LogP contribution in [0.4, 0.5) is 22.0 Å². The lowest BCUT2D eigenvalue weighted by Crippen LogP contribution is -2.31. The molecule has 21 heavy (non-hydrogen) atoms. The van der Waals surface area contributed by atoms with Gasteiger partial charge in [-0.3, -0.25) is 4.79 Å². The maximum atomic E-state index is 13.2. The SMILES string of the molecule is O=C(NCC[C@H](O)C(=O)O)c1c(F)c(F)c(F)c(F)c1F. The molecule has 0 bridgehead atoms. The molecule has 3 N–H and O–H groups in total. The first-order valence-electron chi connectivity index (χ1n) is 5.39. The van der Waals surface area contributed by atoms with Crippen LogP contribution in [0.3, 0.4) is 0 Å². The normalized spacial score (nSPS) is 12.1. The standard InChI is InChI=1S/C11H8F5NO4/c12-5-4(6(13)8(15)9(16)7(5)14)10(19)17-2-1-3(18)11(20)21/h3,18H,1-2H2,(H,17,19)(H,20,21)/t3-/m0/s1. The van der Waals surface area contributed by atoms with Crippen molar-refractivity contribution in [3.05, 3.63) is 34.6 Å². The minimum absolute atomic E-state index is 0.517. The van der Waals surface area contributed by atoms with Crippen molar-refractivity contribution in [3.8, 4) is 0 Å². The zero-order valence-corrected chi connectivity index (χ0v) is 10.1. The molecule has 1 rings (SSSR count). The Bertz CT molecular complexity index is 563. The van der Waals surface area contributed by atoms with E-state index in [1.54, 1.807) is 5.32 Å². The van der Waals surface area contributed by atoms with E-state index >= 15 is 0 Å². The highest BCUT2D eigenvalue weighted by molar-refractivity contribution is 5.94. The van der Waals surface area contributed by atoms with Gasteiger partial charge in [-0.05, 0) is 0 Å². The predicted octanol–water partition coefficient (Wildman–Crippen LogP) is 0.948. The van der Waals surface area contributed by atoms with Crippen LogP contribution in [0, 0.1) is 29.1 Å². The quantitative estimate of drug-likeness (QED) is 0.429. The molecule has 1 atom stereocenters. The molecule has 0 unspecified atom stereocenters. The van der Waals surface area contributed by atoms with Crippen molar-refractivity contribution in [2.24, 2.45) is 0 Å². The number of carbonyl (C=O) groups is 2. The monoisotopic (exact) mass is 313 g/mol. The smallest absolute Gasteiger partial charge is 0.332 e. The Morgan fingerprint density at radius 2 is 1.38 bits per heavy atom. The molecule has 0 aliphatic heterocycles. The van der Waals surface area contributed by atoms with Crippen LogP contribution in [0.25, 0.3) is 0 Å². The summed E-state index contributed by atoms with van der Waals surface area (Å²) in [5, 5.41) is 18.9. The number of nitrogens with one attached hydrogen (secondary N) is 1. The van der Waals surface area contributed by atoms with Crippen LogP contribution in [-0.2, 0) is 4.79 Å². The number of aliphatic hydroxyl groups excluding tert-OH is 1. The van der Waals surface area contributed by atoms with Gasteiger partial charge in [0.25, 0.3) is 5.91 Å². The topological polar surface area (TPSA) is 86.6 Å². The van der Waals surface area contributed by atoms with Gasteiger partial charge in [0, 0.05) is 13.0 Å². The molecular formula is C11H8F5NO4. The third-order valence-electron chi connectivity index (χ3n) is 2.43. The second-order valence-corrected chi connectivity index (χ2v) is 3.84. The minimum Gasteiger partial charge on any atom is -0.479 e. The number of benzene rings is 1. The highest BCUT2D eigenvalue weighted by Gasteiger charge is 2.29. The first-order chi connectivity index (χ1) is 9.68. The molecule has 0 saturated carbocycles. The third kappa shape index (κ3) is 3.45. The van der Waals surface area contributed by atoms with Gasteiger partial charge in [0.2, 0.25) is 5.82 Å². The number of halogens is 5. The summed E-state index contributed by atoms with van der Waals surface area (Å²) in [6, 6.07) is 0. The van der Waals surface area contributed by atoms with E-state index in [9.17, 15) is 31.5 Å². The zero-order valence-electron chi connectivity index (χ0n) is 10.1. The van der Waals surface area contributed by atoms with Crippen LogP contribution in [0.5, 0.6) is 0 Å². The van der Waals surface area contributed by atoms with Crippen molar-refractivity contribution < 1.29 is 41.8 Å². The number of carbonyl (C=O) groups excluding carboxylic acids is 1. The summed E-state index contributed by atoms with van der Waals surface area (Å²) in [6.45, 7) is -0.550. The number of hydrogen-bond donors (Lipinski definition) is 3. The van der Waals surface area contributed by atoms with E-state index < -0.39 is 65.6 Å². The molecule has 116 valence electrons. The van der Waals surface area contributed by atoms with Crippen LogP contribution in [0.15, 0.2) is 0 Å². The van der Waals surface area contributed by atoms with E-state index in [0.717, 1.165) is 0 Å². The molecule has 10 heteroatoms. The first-order valence-corrected chi connectivity index (χ1v) is 5.39. The zero-order chi connectivity index (χ0) is 16.3. The first kappa shape index (κ1) is 16.8. The van der Waals surface area contributed by atoms with Crippen molar-refractivity contribution >= 4 is 11.9 Å². The van der Waals surface area contributed by atoms with Gasteiger partial charge in [0.05, 0.1) is 0 Å². The van der Waals surface area contributed by atoms with E-state index in [4.69, 9.17) is 10.2 Å². The summed E-state index contributed by atoms with van der Waals surface area (Å²) in [5.41, 5.74) is -1.68. The molecule has 0 radical (unpaired) electrons. The molecular weight excluding hydrogens is 305 g/mol. The lowest BCUT2D eigenvalue weighted by atomic mass is 10.1. The molecule has 0 aliphatic carbocycles. The second kappa shape index (κ2) is 6.48. The van der Waals surface area contributed by atoms with E-state index in [1.807, 2.05) is 0 Å². The average molecular weight is 313 g/mol. The second-order valence-electron chi connectivity index (χ2n) is 3.84. The number of aliphatic hydroxyl groups is 1. The van der Waals surface area contributed by atoms with Gasteiger partial charge in [-0.2, -0.15) is 0 Å². The number of carboxylic acids is 1. The van der Waals surface area contributed by atoms with Gasteiger partial charge in [-0.15, -0.1) is 0 Å². The molecule has 0 aliphatic rings. The molecule has 0 fully saturated rings. The Morgan fingerprint density at radius 1 is 0.952 bits per heavy atom. The van der Waals surface area contributed by atoms with E-state index in [-0.39, 0.29) is 0 Å². The molecule has 0 saturated heterocycles.